The molecule has 0 atom stereocenters. The number of hydrogen-bond donors (Lipinski definition) is 0. The zero-order valence-corrected chi connectivity index (χ0v) is 17.6. The van der Waals surface area contributed by atoms with Crippen molar-refractivity contribution in [2.24, 2.45) is 0 Å². The lowest BCUT2D eigenvalue weighted by Crippen LogP contribution is -2.35. The van der Waals surface area contributed by atoms with Crippen molar-refractivity contribution in [3.63, 3.8) is 0 Å². The fourth-order valence-electron chi connectivity index (χ4n) is 3.18. The highest BCUT2D eigenvalue weighted by molar-refractivity contribution is 7.99. The van der Waals surface area contributed by atoms with E-state index in [0.717, 1.165) is 23.9 Å². The van der Waals surface area contributed by atoms with Gasteiger partial charge >= 0.3 is 6.09 Å². The lowest BCUT2D eigenvalue weighted by Gasteiger charge is -2.27. The van der Waals surface area contributed by atoms with Crippen LogP contribution in [0, 0.1) is 0 Å². The quantitative estimate of drug-likeness (QED) is 0.515. The summed E-state index contributed by atoms with van der Waals surface area (Å²) in [7, 11) is 1.60. The first-order chi connectivity index (χ1) is 13.1. The molecule has 0 aromatic heterocycles. The largest absolute Gasteiger partial charge is 0.483 e. The minimum absolute atomic E-state index is 0.0524. The molecule has 0 aliphatic carbocycles. The molecular formula is C22H25NO4S. The Hall–Kier alpha value is -2.47. The van der Waals surface area contributed by atoms with Gasteiger partial charge in [-0.25, -0.2) is 4.79 Å². The Labute approximate surface area is 170 Å². The van der Waals surface area contributed by atoms with Crippen LogP contribution in [-0.4, -0.2) is 33.6 Å². The molecule has 2 aromatic rings. The van der Waals surface area contributed by atoms with Crippen LogP contribution in [0.25, 0.3) is 0 Å². The number of ether oxygens (including phenoxy) is 2. The van der Waals surface area contributed by atoms with E-state index in [-0.39, 0.29) is 11.4 Å². The second-order valence-corrected chi connectivity index (χ2v) is 9.70. The molecule has 148 valence electrons. The minimum Gasteiger partial charge on any atom is -0.483 e. The smallest absolute Gasteiger partial charge is 0.425 e. The van der Waals surface area contributed by atoms with Crippen molar-refractivity contribution in [2.45, 2.75) is 44.5 Å². The molecule has 0 bridgehead atoms. The number of rotatable bonds is 5. The molecule has 2 aromatic carbocycles. The molecule has 1 amide bonds. The first kappa shape index (κ1) is 20.3. The van der Waals surface area contributed by atoms with E-state index >= 15 is 0 Å². The minimum atomic E-state index is -0.827. The van der Waals surface area contributed by atoms with Crippen LogP contribution in [0.4, 0.5) is 4.79 Å². The van der Waals surface area contributed by atoms with Gasteiger partial charge in [-0.15, -0.1) is 0 Å². The number of para-hydroxylation sites is 1. The normalized spacial score (nSPS) is 14.8. The predicted molar refractivity (Wildman–Crippen MR) is 111 cm³/mol. The number of fused-ring (bicyclic) bond motifs is 1. The Morgan fingerprint density at radius 2 is 1.79 bits per heavy atom. The topological polar surface area (TPSA) is 55.8 Å². The molecule has 0 N–H and O–H groups in total. The number of carbonyl (C=O) groups is 2. The molecule has 0 unspecified atom stereocenters. The number of nitrogens with zero attached hydrogens (tertiary/aromatic N) is 1. The summed E-state index contributed by atoms with van der Waals surface area (Å²) in [6.45, 7) is 7.59. The molecule has 0 radical (unpaired) electrons. The summed E-state index contributed by atoms with van der Waals surface area (Å²) in [5, 5.41) is 0. The van der Waals surface area contributed by atoms with Gasteiger partial charge in [0.15, 0.2) is 17.3 Å². The molecule has 6 heteroatoms. The molecule has 5 nitrogen and oxygen atoms in total. The van der Waals surface area contributed by atoms with Gasteiger partial charge in [0.2, 0.25) is 0 Å². The zero-order chi connectivity index (χ0) is 20.5. The van der Waals surface area contributed by atoms with Gasteiger partial charge in [0.25, 0.3) is 0 Å². The molecule has 1 aliphatic heterocycles. The average Bonchev–Trinajstić information content (AvgIpc) is 2.96. The van der Waals surface area contributed by atoms with E-state index in [0.29, 0.717) is 17.1 Å². The summed E-state index contributed by atoms with van der Waals surface area (Å²) in [5.41, 5.74) is 1.30. The van der Waals surface area contributed by atoms with Crippen LogP contribution in [0.2, 0.25) is 0 Å². The Balaban J connectivity index is 1.69. The third-order valence-corrected chi connectivity index (χ3v) is 5.52. The maximum atomic E-state index is 12.8. The van der Waals surface area contributed by atoms with E-state index < -0.39 is 10.8 Å². The fourth-order valence-corrected chi connectivity index (χ4v) is 4.18. The van der Waals surface area contributed by atoms with Crippen LogP contribution >= 0.6 is 11.9 Å². The van der Waals surface area contributed by atoms with Gasteiger partial charge in [-0.3, -0.25) is 9.10 Å². The third kappa shape index (κ3) is 4.33. The highest BCUT2D eigenvalue weighted by Crippen LogP contribution is 2.42. The van der Waals surface area contributed by atoms with Crippen molar-refractivity contribution < 1.29 is 19.1 Å². The van der Waals surface area contributed by atoms with E-state index in [1.54, 1.807) is 39.1 Å². The Kier molecular flexibility index (Phi) is 5.44. The number of Topliss-reactive ketones (excluding diaryl/α,β-unsaturated/α-hetero) is 1. The lowest BCUT2D eigenvalue weighted by molar-refractivity contribution is 0.0956. The van der Waals surface area contributed by atoms with E-state index in [1.165, 1.54) is 4.31 Å². The molecule has 0 fully saturated rings. The van der Waals surface area contributed by atoms with Crippen molar-refractivity contribution >= 4 is 23.8 Å². The van der Waals surface area contributed by atoms with Crippen molar-refractivity contribution in [3.8, 4) is 11.5 Å². The van der Waals surface area contributed by atoms with Gasteiger partial charge in [0.05, 0.1) is 4.75 Å². The maximum absolute atomic E-state index is 12.8. The number of ketones is 1. The monoisotopic (exact) mass is 399 g/mol. The molecule has 0 saturated carbocycles. The molecular weight excluding hydrogens is 374 g/mol. The molecule has 28 heavy (non-hydrogen) atoms. The Morgan fingerprint density at radius 1 is 1.11 bits per heavy atom. The second-order valence-electron chi connectivity index (χ2n) is 7.95. The molecule has 0 saturated heterocycles. The molecule has 1 heterocycles. The Bertz CT molecular complexity index is 893. The highest BCUT2D eigenvalue weighted by atomic mass is 32.2. The molecule has 1 aliphatic rings. The SMILES string of the molecule is CN(SC(C)(C)C(=O)c1ccccc1)C(=O)Oc1cccc2c1OC(C)(C)C2. The van der Waals surface area contributed by atoms with Crippen LogP contribution in [0.5, 0.6) is 11.5 Å². The Morgan fingerprint density at radius 3 is 2.46 bits per heavy atom. The molecule has 0 spiro atoms. The summed E-state index contributed by atoms with van der Waals surface area (Å²) in [6, 6.07) is 14.6. The lowest BCUT2D eigenvalue weighted by atomic mass is 10.0. The van der Waals surface area contributed by atoms with E-state index in [4.69, 9.17) is 9.47 Å². The third-order valence-electron chi connectivity index (χ3n) is 4.46. The summed E-state index contributed by atoms with van der Waals surface area (Å²) >= 11 is 1.13. The number of benzene rings is 2. The van der Waals surface area contributed by atoms with Crippen molar-refractivity contribution in [1.29, 1.82) is 0 Å². The van der Waals surface area contributed by atoms with E-state index in [2.05, 4.69) is 0 Å². The van der Waals surface area contributed by atoms with Gasteiger partial charge in [-0.1, -0.05) is 42.5 Å². The number of hydrogen-bond acceptors (Lipinski definition) is 5. The second kappa shape index (κ2) is 7.51. The molecule has 3 rings (SSSR count). The van der Waals surface area contributed by atoms with E-state index in [9.17, 15) is 9.59 Å². The standard InChI is InChI=1S/C22H25NO4S/c1-21(2)14-16-12-9-13-17(18(16)27-21)26-20(25)23(5)28-22(3,4)19(24)15-10-7-6-8-11-15/h6-13H,14H2,1-5H3. The van der Waals surface area contributed by atoms with Gasteiger partial charge in [0, 0.05) is 24.6 Å². The summed E-state index contributed by atoms with van der Waals surface area (Å²) in [6.07, 6.45) is 0.206. The van der Waals surface area contributed by atoms with Crippen LogP contribution in [0.3, 0.4) is 0 Å². The predicted octanol–water partition coefficient (Wildman–Crippen LogP) is 5.14. The van der Waals surface area contributed by atoms with Gasteiger partial charge in [-0.05, 0) is 45.7 Å². The van der Waals surface area contributed by atoms with Crippen LogP contribution in [0.15, 0.2) is 48.5 Å². The van der Waals surface area contributed by atoms with Crippen molar-refractivity contribution in [2.75, 3.05) is 7.05 Å². The number of amides is 1. The van der Waals surface area contributed by atoms with Gasteiger partial charge in [-0.2, -0.15) is 0 Å². The summed E-state index contributed by atoms with van der Waals surface area (Å²) < 4.78 is 12.0. The van der Waals surface area contributed by atoms with Crippen LogP contribution in [0.1, 0.15) is 43.6 Å². The average molecular weight is 400 g/mol. The first-order valence-corrected chi connectivity index (χ1v) is 9.92. The first-order valence-electron chi connectivity index (χ1n) is 9.14. The number of carbonyl (C=O) groups excluding carboxylic acids is 2. The van der Waals surface area contributed by atoms with Gasteiger partial charge in [0.1, 0.15) is 5.60 Å². The maximum Gasteiger partial charge on any atom is 0.425 e. The van der Waals surface area contributed by atoms with Crippen LogP contribution < -0.4 is 9.47 Å². The van der Waals surface area contributed by atoms with Crippen LogP contribution in [-0.2, 0) is 6.42 Å². The zero-order valence-electron chi connectivity index (χ0n) is 16.8. The summed E-state index contributed by atoms with van der Waals surface area (Å²) in [5.74, 6) is 0.954. The van der Waals surface area contributed by atoms with E-state index in [1.807, 2.05) is 44.2 Å². The van der Waals surface area contributed by atoms with Crippen molar-refractivity contribution in [1.82, 2.24) is 4.31 Å². The summed E-state index contributed by atoms with van der Waals surface area (Å²) in [4.78, 5) is 25.4. The fraction of sp³-hybridized carbons (Fsp3) is 0.364. The highest BCUT2D eigenvalue weighted by Gasteiger charge is 2.35. The van der Waals surface area contributed by atoms with Gasteiger partial charge < -0.3 is 9.47 Å². The van der Waals surface area contributed by atoms with Crippen molar-refractivity contribution in [3.05, 3.63) is 59.7 Å².